The lowest BCUT2D eigenvalue weighted by Gasteiger charge is -2.26. The summed E-state index contributed by atoms with van der Waals surface area (Å²) < 4.78 is 46.3. The van der Waals surface area contributed by atoms with Crippen molar-refractivity contribution in [3.8, 4) is 0 Å². The van der Waals surface area contributed by atoms with Gasteiger partial charge in [-0.05, 0) is 19.1 Å². The van der Waals surface area contributed by atoms with Crippen LogP contribution in [-0.4, -0.2) is 50.1 Å². The molecule has 0 radical (unpaired) electrons. The molecule has 1 aliphatic rings. The van der Waals surface area contributed by atoms with E-state index in [9.17, 15) is 17.6 Å². The second-order valence-corrected chi connectivity index (χ2v) is 6.19. The van der Waals surface area contributed by atoms with Gasteiger partial charge in [0.1, 0.15) is 5.82 Å². The molecule has 7 nitrogen and oxygen atoms in total. The number of aromatic carboxylic acids is 1. The molecule has 1 heterocycles. The molecule has 2 N–H and O–H groups in total. The number of benzene rings is 1. The molecule has 0 aliphatic carbocycles. The fraction of sp³-hybridized carbons (Fsp3) is 0.417. The third kappa shape index (κ3) is 3.31. The summed E-state index contributed by atoms with van der Waals surface area (Å²) in [6.45, 7) is 2.19. The Morgan fingerprint density at radius 2 is 2.00 bits per heavy atom. The molecule has 0 aromatic heterocycles. The number of hydrogen-bond acceptors (Lipinski definition) is 4. The highest BCUT2D eigenvalue weighted by Crippen LogP contribution is 2.24. The molecule has 9 heteroatoms. The van der Waals surface area contributed by atoms with E-state index in [0.29, 0.717) is 0 Å². The van der Waals surface area contributed by atoms with Crippen LogP contribution in [0.3, 0.4) is 0 Å². The number of halogens is 1. The zero-order valence-corrected chi connectivity index (χ0v) is 12.1. The first kappa shape index (κ1) is 15.7. The summed E-state index contributed by atoms with van der Waals surface area (Å²) in [6, 6.07) is 2.13. The fourth-order valence-electron chi connectivity index (χ4n) is 2.04. The van der Waals surface area contributed by atoms with Gasteiger partial charge in [-0.2, -0.15) is 12.7 Å². The van der Waals surface area contributed by atoms with Crippen molar-refractivity contribution in [1.82, 2.24) is 4.31 Å². The van der Waals surface area contributed by atoms with Gasteiger partial charge in [0, 0.05) is 18.7 Å². The van der Waals surface area contributed by atoms with Crippen molar-refractivity contribution in [2.24, 2.45) is 0 Å². The van der Waals surface area contributed by atoms with Crippen LogP contribution in [0.1, 0.15) is 15.9 Å². The Morgan fingerprint density at radius 1 is 1.38 bits per heavy atom. The lowest BCUT2D eigenvalue weighted by Crippen LogP contribution is -2.43. The fourth-order valence-corrected chi connectivity index (χ4v) is 3.24. The van der Waals surface area contributed by atoms with Crippen molar-refractivity contribution >= 4 is 21.9 Å². The predicted molar refractivity (Wildman–Crippen MR) is 73.0 cm³/mol. The second-order valence-electron chi connectivity index (χ2n) is 4.52. The van der Waals surface area contributed by atoms with Crippen LogP contribution in [-0.2, 0) is 14.9 Å². The minimum atomic E-state index is -3.90. The first-order valence-corrected chi connectivity index (χ1v) is 7.65. The Labute approximate surface area is 121 Å². The third-order valence-electron chi connectivity index (χ3n) is 3.16. The SMILES string of the molecule is Cc1c(F)ccc(NS(=O)(=O)N2CCOCC2)c1C(=O)O. The van der Waals surface area contributed by atoms with Crippen LogP contribution >= 0.6 is 0 Å². The maximum atomic E-state index is 13.4. The molecule has 0 saturated carbocycles. The number of anilines is 1. The third-order valence-corrected chi connectivity index (χ3v) is 4.68. The molecule has 1 aromatic carbocycles. The highest BCUT2D eigenvalue weighted by molar-refractivity contribution is 7.90. The van der Waals surface area contributed by atoms with Gasteiger partial charge in [-0.1, -0.05) is 0 Å². The van der Waals surface area contributed by atoms with E-state index < -0.39 is 27.6 Å². The number of carbonyl (C=O) groups is 1. The summed E-state index contributed by atoms with van der Waals surface area (Å²) in [4.78, 5) is 11.2. The number of carboxylic acid groups (broad SMARTS) is 1. The van der Waals surface area contributed by atoms with Gasteiger partial charge in [-0.25, -0.2) is 9.18 Å². The Morgan fingerprint density at radius 3 is 2.57 bits per heavy atom. The minimum absolute atomic E-state index is 0.121. The first-order chi connectivity index (χ1) is 9.83. The number of hydrogen-bond donors (Lipinski definition) is 2. The predicted octanol–water partition coefficient (Wildman–Crippen LogP) is 0.821. The number of nitrogens with one attached hydrogen (secondary N) is 1. The molecule has 2 rings (SSSR count). The van der Waals surface area contributed by atoms with Gasteiger partial charge in [-0.15, -0.1) is 0 Å². The topological polar surface area (TPSA) is 95.9 Å². The molecule has 0 bridgehead atoms. The van der Waals surface area contributed by atoms with E-state index in [1.165, 1.54) is 6.92 Å². The van der Waals surface area contributed by atoms with Crippen LogP contribution in [0, 0.1) is 12.7 Å². The van der Waals surface area contributed by atoms with E-state index in [1.807, 2.05) is 0 Å². The molecule has 1 saturated heterocycles. The Balaban J connectivity index is 2.35. The molecular formula is C12H15FN2O5S. The van der Waals surface area contributed by atoms with E-state index in [-0.39, 0.29) is 37.6 Å². The molecule has 1 aromatic rings. The van der Waals surface area contributed by atoms with Crippen LogP contribution in [0.5, 0.6) is 0 Å². The van der Waals surface area contributed by atoms with Crippen LogP contribution in [0.25, 0.3) is 0 Å². The van der Waals surface area contributed by atoms with Gasteiger partial charge in [0.25, 0.3) is 0 Å². The van der Waals surface area contributed by atoms with Gasteiger partial charge in [0.15, 0.2) is 0 Å². The molecule has 0 amide bonds. The Bertz CT molecular complexity index is 656. The van der Waals surface area contributed by atoms with Crippen molar-refractivity contribution in [2.45, 2.75) is 6.92 Å². The van der Waals surface area contributed by atoms with Crippen LogP contribution < -0.4 is 4.72 Å². The van der Waals surface area contributed by atoms with E-state index >= 15 is 0 Å². The zero-order valence-electron chi connectivity index (χ0n) is 11.3. The molecule has 0 spiro atoms. The Kier molecular flexibility index (Phi) is 4.45. The average molecular weight is 318 g/mol. The number of nitrogens with zero attached hydrogens (tertiary/aromatic N) is 1. The van der Waals surface area contributed by atoms with Crippen molar-refractivity contribution in [1.29, 1.82) is 0 Å². The summed E-state index contributed by atoms with van der Waals surface area (Å²) in [5.41, 5.74) is -0.676. The van der Waals surface area contributed by atoms with Gasteiger partial charge < -0.3 is 9.84 Å². The molecule has 1 fully saturated rings. The lowest BCUT2D eigenvalue weighted by atomic mass is 10.1. The van der Waals surface area contributed by atoms with Gasteiger partial charge in [-0.3, -0.25) is 4.72 Å². The standard InChI is InChI=1S/C12H15FN2O5S/c1-8-9(13)2-3-10(11(8)12(16)17)14-21(18,19)15-4-6-20-7-5-15/h2-3,14H,4-7H2,1H3,(H,16,17). The quantitative estimate of drug-likeness (QED) is 0.857. The summed E-state index contributed by atoms with van der Waals surface area (Å²) in [6.07, 6.45) is 0. The summed E-state index contributed by atoms with van der Waals surface area (Å²) in [5, 5.41) is 9.14. The maximum Gasteiger partial charge on any atom is 0.338 e. The summed E-state index contributed by atoms with van der Waals surface area (Å²) >= 11 is 0. The monoisotopic (exact) mass is 318 g/mol. The number of carboxylic acids is 1. The van der Waals surface area contributed by atoms with Crippen LogP contribution in [0.2, 0.25) is 0 Å². The largest absolute Gasteiger partial charge is 0.478 e. The maximum absolute atomic E-state index is 13.4. The minimum Gasteiger partial charge on any atom is -0.478 e. The summed E-state index contributed by atoms with van der Waals surface area (Å²) in [7, 11) is -3.90. The van der Waals surface area contributed by atoms with Crippen LogP contribution in [0.4, 0.5) is 10.1 Å². The van der Waals surface area contributed by atoms with Crippen molar-refractivity contribution < 1.29 is 27.4 Å². The van der Waals surface area contributed by atoms with Crippen molar-refractivity contribution in [3.63, 3.8) is 0 Å². The van der Waals surface area contributed by atoms with Crippen molar-refractivity contribution in [3.05, 3.63) is 29.1 Å². The van der Waals surface area contributed by atoms with E-state index in [2.05, 4.69) is 4.72 Å². The Hall–Kier alpha value is -1.71. The molecule has 116 valence electrons. The molecule has 21 heavy (non-hydrogen) atoms. The number of morpholine rings is 1. The normalized spacial score (nSPS) is 16.7. The van der Waals surface area contributed by atoms with Gasteiger partial charge in [0.2, 0.25) is 0 Å². The zero-order chi connectivity index (χ0) is 15.6. The van der Waals surface area contributed by atoms with Gasteiger partial charge in [0.05, 0.1) is 24.5 Å². The van der Waals surface area contributed by atoms with E-state index in [4.69, 9.17) is 9.84 Å². The summed E-state index contributed by atoms with van der Waals surface area (Å²) in [5.74, 6) is -2.10. The van der Waals surface area contributed by atoms with E-state index in [1.54, 1.807) is 0 Å². The van der Waals surface area contributed by atoms with Crippen LogP contribution in [0.15, 0.2) is 12.1 Å². The van der Waals surface area contributed by atoms with Gasteiger partial charge >= 0.3 is 16.2 Å². The molecule has 0 unspecified atom stereocenters. The highest BCUT2D eigenvalue weighted by atomic mass is 32.2. The lowest BCUT2D eigenvalue weighted by molar-refractivity contribution is 0.0696. The van der Waals surface area contributed by atoms with E-state index in [0.717, 1.165) is 16.4 Å². The number of rotatable bonds is 4. The molecule has 0 atom stereocenters. The molecule has 1 aliphatic heterocycles. The number of ether oxygens (including phenoxy) is 1. The average Bonchev–Trinajstić information content (AvgIpc) is 2.43. The highest BCUT2D eigenvalue weighted by Gasteiger charge is 2.27. The van der Waals surface area contributed by atoms with Crippen molar-refractivity contribution in [2.75, 3.05) is 31.0 Å². The second kappa shape index (κ2) is 5.96. The first-order valence-electron chi connectivity index (χ1n) is 6.21. The molecular weight excluding hydrogens is 303 g/mol. The smallest absolute Gasteiger partial charge is 0.338 e.